The van der Waals surface area contributed by atoms with Gasteiger partial charge in [0.15, 0.2) is 5.54 Å². The number of nitrogens with two attached hydrogens (primary N) is 1. The van der Waals surface area contributed by atoms with Gasteiger partial charge in [-0.2, -0.15) is 18.4 Å². The van der Waals surface area contributed by atoms with E-state index in [1.54, 1.807) is 19.1 Å². The summed E-state index contributed by atoms with van der Waals surface area (Å²) >= 11 is 3.25. The summed E-state index contributed by atoms with van der Waals surface area (Å²) in [6.45, 7) is 3.42. The lowest BCUT2D eigenvalue weighted by Crippen LogP contribution is -2.52. The number of hydrogen-bond acceptors (Lipinski definition) is 5. The highest BCUT2D eigenvalue weighted by molar-refractivity contribution is 9.10. The maximum atomic E-state index is 14.9. The second kappa shape index (κ2) is 8.69. The van der Waals surface area contributed by atoms with Crippen molar-refractivity contribution in [2.75, 3.05) is 0 Å². The molecule has 1 atom stereocenters. The normalized spacial score (nSPS) is 14.1. The highest BCUT2D eigenvalue weighted by Gasteiger charge is 2.58. The van der Waals surface area contributed by atoms with E-state index >= 15 is 0 Å². The molecule has 0 radical (unpaired) electrons. The summed E-state index contributed by atoms with van der Waals surface area (Å²) in [5.41, 5.74) is 4.65. The third kappa shape index (κ3) is 3.81. The van der Waals surface area contributed by atoms with Crippen LogP contribution in [-0.4, -0.2) is 28.5 Å². The number of H-pyrrole nitrogens is 1. The van der Waals surface area contributed by atoms with Gasteiger partial charge in [-0.15, -0.1) is 0 Å². The van der Waals surface area contributed by atoms with Crippen LogP contribution in [0.3, 0.4) is 0 Å². The van der Waals surface area contributed by atoms with Gasteiger partial charge in [-0.05, 0) is 61.9 Å². The number of aromatic nitrogens is 3. The van der Waals surface area contributed by atoms with E-state index in [2.05, 4.69) is 25.9 Å². The third-order valence-corrected chi connectivity index (χ3v) is 8.80. The van der Waals surface area contributed by atoms with Crippen molar-refractivity contribution in [1.82, 2.24) is 13.9 Å². The minimum Gasteiger partial charge on any atom is -0.340 e. The molecular weight excluding hydrogens is 583 g/mol. The summed E-state index contributed by atoms with van der Waals surface area (Å²) in [6, 6.07) is 15.1. The molecule has 0 fully saturated rings. The van der Waals surface area contributed by atoms with Gasteiger partial charge in [-0.1, -0.05) is 33.6 Å². The van der Waals surface area contributed by atoms with Crippen molar-refractivity contribution in [3.8, 4) is 6.07 Å². The topological polar surface area (TPSA) is 118 Å². The van der Waals surface area contributed by atoms with Crippen LogP contribution in [0.15, 0.2) is 70.2 Å². The van der Waals surface area contributed by atoms with E-state index in [1.165, 1.54) is 48.7 Å². The minimum atomic E-state index is -5.05. The lowest BCUT2D eigenvalue weighted by Gasteiger charge is -2.32. The molecule has 3 N–H and O–H groups in total. The molecule has 12 heteroatoms. The van der Waals surface area contributed by atoms with Gasteiger partial charge >= 0.3 is 6.18 Å². The number of nitrogens with zero attached hydrogens (tertiary/aromatic N) is 3. The van der Waals surface area contributed by atoms with Crippen LogP contribution in [0.5, 0.6) is 0 Å². The van der Waals surface area contributed by atoms with Crippen LogP contribution in [0.2, 0.25) is 0 Å². The van der Waals surface area contributed by atoms with E-state index in [1.807, 2.05) is 13.0 Å². The zero-order chi connectivity index (χ0) is 27.6. The number of alkyl halides is 3. The molecule has 0 spiro atoms. The molecule has 0 aliphatic heterocycles. The zero-order valence-corrected chi connectivity index (χ0v) is 22.3. The molecule has 0 saturated heterocycles. The number of imidazole rings is 1. The number of halogens is 4. The predicted octanol–water partition coefficient (Wildman–Crippen LogP) is 5.77. The van der Waals surface area contributed by atoms with Crippen molar-refractivity contribution in [3.05, 3.63) is 93.3 Å². The largest absolute Gasteiger partial charge is 0.417 e. The Kier molecular flexibility index (Phi) is 5.94. The number of aromatic amines is 1. The van der Waals surface area contributed by atoms with Crippen LogP contribution in [0.4, 0.5) is 13.2 Å². The fourth-order valence-electron chi connectivity index (χ4n) is 4.55. The first-order valence-corrected chi connectivity index (χ1v) is 13.4. The fourth-order valence-corrected chi connectivity index (χ4v) is 6.83. The number of nitrogens with one attached hydrogen (secondary N) is 1. The molecule has 1 unspecified atom stereocenters. The summed E-state index contributed by atoms with van der Waals surface area (Å²) < 4.78 is 72.8. The van der Waals surface area contributed by atoms with Gasteiger partial charge in [0.25, 0.3) is 10.0 Å². The highest BCUT2D eigenvalue weighted by atomic mass is 79.9. The van der Waals surface area contributed by atoms with Crippen molar-refractivity contribution in [2.24, 2.45) is 5.73 Å². The Labute approximate surface area is 223 Å². The molecule has 38 heavy (non-hydrogen) atoms. The Hall–Kier alpha value is -3.66. The SMILES string of the molecule is Cc1ccc(S(=O)(=O)n2ccc3c(C(N)(c4nc5ccc(C#N)cc5[nH]4)C(F)(F)F)c(Br)cc(C)c32)cc1. The van der Waals surface area contributed by atoms with E-state index in [0.717, 1.165) is 9.54 Å². The minimum absolute atomic E-state index is 0.00874. The molecule has 0 aliphatic carbocycles. The van der Waals surface area contributed by atoms with E-state index in [0.29, 0.717) is 5.56 Å². The van der Waals surface area contributed by atoms with Gasteiger partial charge in [0.1, 0.15) is 5.82 Å². The lowest BCUT2D eigenvalue weighted by molar-refractivity contribution is -0.178. The molecule has 194 valence electrons. The van der Waals surface area contributed by atoms with Crippen molar-refractivity contribution >= 4 is 47.9 Å². The van der Waals surface area contributed by atoms with E-state index < -0.39 is 33.1 Å². The maximum Gasteiger partial charge on any atom is 0.417 e. The maximum absolute atomic E-state index is 14.9. The smallest absolute Gasteiger partial charge is 0.340 e. The molecule has 7 nitrogen and oxygen atoms in total. The Balaban J connectivity index is 1.82. The lowest BCUT2D eigenvalue weighted by atomic mass is 9.86. The molecule has 5 aromatic rings. The van der Waals surface area contributed by atoms with Crippen LogP contribution in [0, 0.1) is 25.2 Å². The Morgan fingerprint density at radius 1 is 1.08 bits per heavy atom. The second-order valence-corrected chi connectivity index (χ2v) is 11.6. The number of hydrogen-bond donors (Lipinski definition) is 2. The van der Waals surface area contributed by atoms with Crippen LogP contribution in [0.25, 0.3) is 21.9 Å². The monoisotopic (exact) mass is 601 g/mol. The first kappa shape index (κ1) is 26.0. The summed E-state index contributed by atoms with van der Waals surface area (Å²) in [6.07, 6.45) is -3.83. The second-order valence-electron chi connectivity index (χ2n) is 8.98. The number of rotatable bonds is 4. The molecule has 3 aromatic carbocycles. The van der Waals surface area contributed by atoms with E-state index in [9.17, 15) is 21.6 Å². The average molecular weight is 602 g/mol. The standard InChI is InChI=1S/C26H19BrF3N5O2S/c1-14-3-6-17(7-4-14)38(36,37)35-10-9-18-22(19(27)11-15(2)23(18)35)25(32,26(28,29)30)24-33-20-8-5-16(13-31)12-21(20)34-24/h3-12H,32H2,1-2H3,(H,33,34). The molecule has 0 amide bonds. The predicted molar refractivity (Wildman–Crippen MR) is 140 cm³/mol. The molecule has 0 aliphatic rings. The average Bonchev–Trinajstić information content (AvgIpc) is 3.48. The van der Waals surface area contributed by atoms with Gasteiger partial charge < -0.3 is 10.7 Å². The summed E-state index contributed by atoms with van der Waals surface area (Å²) in [4.78, 5) is 6.76. The molecule has 2 aromatic heterocycles. The van der Waals surface area contributed by atoms with Crippen LogP contribution < -0.4 is 5.73 Å². The summed E-state index contributed by atoms with van der Waals surface area (Å²) in [5.74, 6) is -0.602. The molecule has 0 bridgehead atoms. The van der Waals surface area contributed by atoms with Crippen molar-refractivity contribution in [1.29, 1.82) is 5.26 Å². The van der Waals surface area contributed by atoms with Crippen molar-refractivity contribution in [2.45, 2.75) is 30.5 Å². The zero-order valence-electron chi connectivity index (χ0n) is 19.9. The molecular formula is C26H19BrF3N5O2S. The van der Waals surface area contributed by atoms with Crippen LogP contribution >= 0.6 is 15.9 Å². The van der Waals surface area contributed by atoms with Crippen molar-refractivity contribution in [3.63, 3.8) is 0 Å². The molecule has 2 heterocycles. The Morgan fingerprint density at radius 3 is 2.39 bits per heavy atom. The van der Waals surface area contributed by atoms with Crippen LogP contribution in [0.1, 0.15) is 28.1 Å². The van der Waals surface area contributed by atoms with Gasteiger partial charge in [-0.3, -0.25) is 0 Å². The Bertz CT molecular complexity index is 1890. The number of aryl methyl sites for hydroxylation is 2. The van der Waals surface area contributed by atoms with Gasteiger partial charge in [-0.25, -0.2) is 17.4 Å². The molecule has 0 saturated carbocycles. The number of nitriles is 1. The van der Waals surface area contributed by atoms with Crippen LogP contribution in [-0.2, 0) is 15.6 Å². The third-order valence-electron chi connectivity index (χ3n) is 6.48. The number of benzene rings is 3. The first-order chi connectivity index (χ1) is 17.8. The summed E-state index contributed by atoms with van der Waals surface area (Å²) in [7, 11) is -4.14. The van der Waals surface area contributed by atoms with Crippen molar-refractivity contribution < 1.29 is 21.6 Å². The molecule has 5 rings (SSSR count). The quantitative estimate of drug-likeness (QED) is 0.271. The number of fused-ring (bicyclic) bond motifs is 2. The Morgan fingerprint density at radius 2 is 1.76 bits per heavy atom. The van der Waals surface area contributed by atoms with Gasteiger partial charge in [0, 0.05) is 21.6 Å². The van der Waals surface area contributed by atoms with Gasteiger partial charge in [0.05, 0.1) is 33.1 Å². The van der Waals surface area contributed by atoms with E-state index in [4.69, 9.17) is 11.0 Å². The fraction of sp³-hybridized carbons (Fsp3) is 0.154. The highest BCUT2D eigenvalue weighted by Crippen LogP contribution is 2.48. The summed E-state index contributed by atoms with van der Waals surface area (Å²) in [5, 5.41) is 9.16. The first-order valence-electron chi connectivity index (χ1n) is 11.2. The van der Waals surface area contributed by atoms with E-state index in [-0.39, 0.29) is 36.9 Å². The van der Waals surface area contributed by atoms with Gasteiger partial charge in [0.2, 0.25) is 0 Å².